The number of rotatable bonds is 4. The van der Waals surface area contributed by atoms with Gasteiger partial charge in [0.2, 0.25) is 0 Å². The fraction of sp³-hybridized carbons (Fsp3) is 0. The molecule has 0 atom stereocenters. The molecule has 0 amide bonds. The molecule has 8 heteroatoms. The summed E-state index contributed by atoms with van der Waals surface area (Å²) < 4.78 is 0. The van der Waals surface area contributed by atoms with Gasteiger partial charge in [0.1, 0.15) is 0 Å². The zero-order valence-corrected chi connectivity index (χ0v) is 13.5. The number of benzene rings is 2. The molecule has 0 fully saturated rings. The SMILES string of the molecule is O=C(Cl)c1ccc2c(C(=O)Cl)ccc(C(=O)Cl)c2c1C(=O)Cl. The second kappa shape index (κ2) is 6.34. The summed E-state index contributed by atoms with van der Waals surface area (Å²) in [6, 6.07) is 5.07. The Balaban J connectivity index is 3.13. The molecule has 0 aliphatic heterocycles. The smallest absolute Gasteiger partial charge is 0.253 e. The molecule has 0 aliphatic rings. The van der Waals surface area contributed by atoms with E-state index in [0.717, 1.165) is 0 Å². The molecule has 2 aromatic rings. The molecular formula is C14H4Cl4O4. The van der Waals surface area contributed by atoms with E-state index in [1.807, 2.05) is 0 Å². The Morgan fingerprint density at radius 3 is 1.50 bits per heavy atom. The lowest BCUT2D eigenvalue weighted by Crippen LogP contribution is -2.07. The summed E-state index contributed by atoms with van der Waals surface area (Å²) in [5, 5.41) is -3.54. The van der Waals surface area contributed by atoms with Gasteiger partial charge in [0.05, 0.1) is 5.56 Å². The van der Waals surface area contributed by atoms with Gasteiger partial charge in [-0.3, -0.25) is 19.2 Å². The van der Waals surface area contributed by atoms with E-state index in [4.69, 9.17) is 46.4 Å². The van der Waals surface area contributed by atoms with E-state index in [0.29, 0.717) is 0 Å². The van der Waals surface area contributed by atoms with Crippen LogP contribution in [0.1, 0.15) is 41.4 Å². The largest absolute Gasteiger partial charge is 0.276 e. The van der Waals surface area contributed by atoms with Gasteiger partial charge in [-0.25, -0.2) is 0 Å². The van der Waals surface area contributed by atoms with Crippen molar-refractivity contribution in [2.45, 2.75) is 0 Å². The predicted octanol–water partition coefficient (Wildman–Crippen LogP) is 4.36. The van der Waals surface area contributed by atoms with Crippen LogP contribution in [0.3, 0.4) is 0 Å². The van der Waals surface area contributed by atoms with Crippen molar-refractivity contribution in [2.75, 3.05) is 0 Å². The van der Waals surface area contributed by atoms with E-state index in [-0.39, 0.29) is 33.0 Å². The first kappa shape index (κ1) is 16.9. The molecule has 0 saturated carbocycles. The summed E-state index contributed by atoms with van der Waals surface area (Å²) in [5.41, 5.74) is -0.566. The third-order valence-electron chi connectivity index (χ3n) is 3.01. The van der Waals surface area contributed by atoms with Gasteiger partial charge >= 0.3 is 0 Å². The molecule has 112 valence electrons. The fourth-order valence-corrected chi connectivity index (χ4v) is 2.83. The van der Waals surface area contributed by atoms with Crippen LogP contribution in [-0.2, 0) is 0 Å². The van der Waals surface area contributed by atoms with Crippen LogP contribution in [0.4, 0.5) is 0 Å². The van der Waals surface area contributed by atoms with Crippen molar-refractivity contribution in [3.8, 4) is 0 Å². The van der Waals surface area contributed by atoms with Crippen LogP contribution in [0.15, 0.2) is 24.3 Å². The van der Waals surface area contributed by atoms with Gasteiger partial charge in [-0.2, -0.15) is 0 Å². The Morgan fingerprint density at radius 2 is 1.05 bits per heavy atom. The quantitative estimate of drug-likeness (QED) is 0.742. The number of carbonyl (C=O) groups is 4. The molecule has 22 heavy (non-hydrogen) atoms. The molecule has 2 aromatic carbocycles. The number of fused-ring (bicyclic) bond motifs is 1. The average molecular weight is 378 g/mol. The third kappa shape index (κ3) is 2.88. The lowest BCUT2D eigenvalue weighted by Gasteiger charge is -2.12. The minimum atomic E-state index is -1.02. The van der Waals surface area contributed by atoms with Gasteiger partial charge in [0.15, 0.2) is 0 Å². The lowest BCUT2D eigenvalue weighted by molar-refractivity contribution is 0.105. The second-order valence-electron chi connectivity index (χ2n) is 4.17. The molecule has 0 spiro atoms. The summed E-state index contributed by atoms with van der Waals surface area (Å²) in [7, 11) is 0. The van der Waals surface area contributed by atoms with Crippen LogP contribution in [0.2, 0.25) is 0 Å². The highest BCUT2D eigenvalue weighted by atomic mass is 35.5. The van der Waals surface area contributed by atoms with Crippen molar-refractivity contribution in [3.63, 3.8) is 0 Å². The number of hydrogen-bond donors (Lipinski definition) is 0. The third-order valence-corrected chi connectivity index (χ3v) is 3.81. The topological polar surface area (TPSA) is 68.3 Å². The minimum absolute atomic E-state index is 0.0334. The fourth-order valence-electron chi connectivity index (χ4n) is 2.15. The first-order valence-electron chi connectivity index (χ1n) is 5.64. The maximum absolute atomic E-state index is 11.7. The Hall–Kier alpha value is -1.46. The lowest BCUT2D eigenvalue weighted by atomic mass is 9.93. The summed E-state index contributed by atoms with van der Waals surface area (Å²) in [6.45, 7) is 0. The zero-order chi connectivity index (χ0) is 16.6. The Kier molecular flexibility index (Phi) is 4.87. The molecule has 0 bridgehead atoms. The van der Waals surface area contributed by atoms with Crippen LogP contribution in [0, 0.1) is 0 Å². The standard InChI is InChI=1S/C14H4Cl4O4/c15-11(19)6-2-4-7(12(16)20)9-5(6)1-3-8(13(17)21)10(9)14(18)22/h1-4H. The van der Waals surface area contributed by atoms with E-state index >= 15 is 0 Å². The van der Waals surface area contributed by atoms with Gasteiger partial charge in [-0.05, 0) is 70.0 Å². The van der Waals surface area contributed by atoms with Crippen molar-refractivity contribution >= 4 is 78.1 Å². The molecule has 0 heterocycles. The van der Waals surface area contributed by atoms with Crippen molar-refractivity contribution in [3.05, 3.63) is 46.5 Å². The van der Waals surface area contributed by atoms with Crippen molar-refractivity contribution in [1.29, 1.82) is 0 Å². The van der Waals surface area contributed by atoms with Crippen LogP contribution in [-0.4, -0.2) is 21.0 Å². The van der Waals surface area contributed by atoms with E-state index in [1.54, 1.807) is 0 Å². The predicted molar refractivity (Wildman–Crippen MR) is 84.7 cm³/mol. The van der Waals surface area contributed by atoms with Crippen LogP contribution < -0.4 is 0 Å². The molecule has 0 N–H and O–H groups in total. The summed E-state index contributed by atoms with van der Waals surface area (Å²) in [5.74, 6) is 0. The molecule has 0 unspecified atom stereocenters. The highest BCUT2D eigenvalue weighted by Gasteiger charge is 2.24. The van der Waals surface area contributed by atoms with E-state index in [9.17, 15) is 19.2 Å². The van der Waals surface area contributed by atoms with Crippen LogP contribution in [0.25, 0.3) is 10.8 Å². The maximum atomic E-state index is 11.7. The van der Waals surface area contributed by atoms with Gasteiger partial charge in [0.25, 0.3) is 21.0 Å². The Labute approximate surface area is 143 Å². The van der Waals surface area contributed by atoms with Crippen LogP contribution >= 0.6 is 46.4 Å². The van der Waals surface area contributed by atoms with Crippen molar-refractivity contribution in [2.24, 2.45) is 0 Å². The summed E-state index contributed by atoms with van der Waals surface area (Å²) in [6.07, 6.45) is 0. The first-order valence-corrected chi connectivity index (χ1v) is 7.16. The second-order valence-corrected chi connectivity index (χ2v) is 5.54. The minimum Gasteiger partial charge on any atom is -0.276 e. The van der Waals surface area contributed by atoms with Crippen molar-refractivity contribution in [1.82, 2.24) is 0 Å². The monoisotopic (exact) mass is 376 g/mol. The van der Waals surface area contributed by atoms with Gasteiger partial charge in [0, 0.05) is 22.1 Å². The molecule has 2 rings (SSSR count). The molecule has 4 nitrogen and oxygen atoms in total. The van der Waals surface area contributed by atoms with Gasteiger partial charge in [-0.1, -0.05) is 6.07 Å². The normalized spacial score (nSPS) is 10.5. The van der Waals surface area contributed by atoms with Gasteiger partial charge in [-0.15, -0.1) is 0 Å². The molecule has 0 radical (unpaired) electrons. The number of hydrogen-bond acceptors (Lipinski definition) is 4. The average Bonchev–Trinajstić information content (AvgIpc) is 2.43. The van der Waals surface area contributed by atoms with Crippen LogP contribution in [0.5, 0.6) is 0 Å². The Morgan fingerprint density at radius 1 is 0.591 bits per heavy atom. The number of carbonyl (C=O) groups excluding carboxylic acids is 4. The van der Waals surface area contributed by atoms with Gasteiger partial charge < -0.3 is 0 Å². The van der Waals surface area contributed by atoms with Crippen molar-refractivity contribution < 1.29 is 19.2 Å². The van der Waals surface area contributed by atoms with E-state index < -0.39 is 21.0 Å². The molecule has 0 saturated heterocycles. The zero-order valence-electron chi connectivity index (χ0n) is 10.5. The summed E-state index contributed by atoms with van der Waals surface area (Å²) in [4.78, 5) is 46.2. The first-order chi connectivity index (χ1) is 10.3. The highest BCUT2D eigenvalue weighted by molar-refractivity contribution is 6.74. The molecule has 0 aliphatic carbocycles. The number of halogens is 4. The molecular weight excluding hydrogens is 374 g/mol. The Bertz CT molecular complexity index is 858. The highest BCUT2D eigenvalue weighted by Crippen LogP contribution is 2.32. The van der Waals surface area contributed by atoms with E-state index in [2.05, 4.69) is 0 Å². The molecule has 0 aromatic heterocycles. The van der Waals surface area contributed by atoms with E-state index in [1.165, 1.54) is 24.3 Å². The maximum Gasteiger partial charge on any atom is 0.253 e. The summed E-state index contributed by atoms with van der Waals surface area (Å²) >= 11 is 21.9.